The number of nitrogens with two attached hydrogens (primary N) is 1. The lowest BCUT2D eigenvalue weighted by atomic mass is 10.1. The number of hydrazine groups is 1. The Morgan fingerprint density at radius 2 is 2.25 bits per heavy atom. The van der Waals surface area contributed by atoms with Gasteiger partial charge in [-0.25, -0.2) is 4.39 Å². The van der Waals surface area contributed by atoms with Gasteiger partial charge in [-0.15, -0.1) is 0 Å². The lowest BCUT2D eigenvalue weighted by Gasteiger charge is -2.14. The van der Waals surface area contributed by atoms with Crippen molar-refractivity contribution in [2.24, 2.45) is 5.84 Å². The molecule has 0 radical (unpaired) electrons. The van der Waals surface area contributed by atoms with Crippen molar-refractivity contribution in [2.45, 2.75) is 26.3 Å². The topological polar surface area (TPSA) is 67.2 Å². The fourth-order valence-electron chi connectivity index (χ4n) is 1.26. The normalized spacial score (nSPS) is 12.0. The fraction of sp³-hybridized carbons (Fsp3) is 0.364. The summed E-state index contributed by atoms with van der Waals surface area (Å²) in [5, 5.41) is 2.75. The van der Waals surface area contributed by atoms with Gasteiger partial charge in [0.2, 0.25) is 0 Å². The van der Waals surface area contributed by atoms with Crippen LogP contribution in [0.2, 0.25) is 0 Å². The highest BCUT2D eigenvalue weighted by Gasteiger charge is 2.15. The summed E-state index contributed by atoms with van der Waals surface area (Å²) in [6, 6.07) is 4.29. The molecule has 1 aromatic rings. The van der Waals surface area contributed by atoms with Crippen molar-refractivity contribution in [1.29, 1.82) is 0 Å². The molecule has 0 aliphatic rings. The molecule has 0 spiro atoms. The molecule has 0 aromatic heterocycles. The molecule has 0 bridgehead atoms. The minimum atomic E-state index is -0.542. The summed E-state index contributed by atoms with van der Waals surface area (Å²) < 4.78 is 13.3. The second-order valence-electron chi connectivity index (χ2n) is 3.59. The van der Waals surface area contributed by atoms with Gasteiger partial charge in [-0.05, 0) is 25.5 Å². The fourth-order valence-corrected chi connectivity index (χ4v) is 1.26. The van der Waals surface area contributed by atoms with E-state index in [9.17, 15) is 9.18 Å². The van der Waals surface area contributed by atoms with Gasteiger partial charge in [-0.1, -0.05) is 13.0 Å². The Labute approximate surface area is 94.0 Å². The van der Waals surface area contributed by atoms with Gasteiger partial charge in [0.05, 0.1) is 11.3 Å². The first-order valence-corrected chi connectivity index (χ1v) is 5.16. The third-order valence-electron chi connectivity index (χ3n) is 2.39. The summed E-state index contributed by atoms with van der Waals surface area (Å²) in [6.45, 7) is 3.84. The summed E-state index contributed by atoms with van der Waals surface area (Å²) in [4.78, 5) is 11.8. The van der Waals surface area contributed by atoms with E-state index in [-0.39, 0.29) is 23.2 Å². The quantitative estimate of drug-likeness (QED) is 0.539. The second kappa shape index (κ2) is 5.46. The molecule has 0 saturated carbocycles. The van der Waals surface area contributed by atoms with Crippen LogP contribution in [0.1, 0.15) is 30.6 Å². The lowest BCUT2D eigenvalue weighted by Crippen LogP contribution is -2.32. The van der Waals surface area contributed by atoms with E-state index in [0.29, 0.717) is 0 Å². The number of carbonyl (C=O) groups excluding carboxylic acids is 1. The van der Waals surface area contributed by atoms with Crippen LogP contribution < -0.4 is 16.6 Å². The van der Waals surface area contributed by atoms with E-state index in [2.05, 4.69) is 10.7 Å². The van der Waals surface area contributed by atoms with Gasteiger partial charge >= 0.3 is 0 Å². The Kier molecular flexibility index (Phi) is 4.25. The minimum absolute atomic E-state index is 0.0169. The number of carbonyl (C=O) groups is 1. The molecule has 4 N–H and O–H groups in total. The monoisotopic (exact) mass is 225 g/mol. The number of amides is 1. The Balaban J connectivity index is 2.95. The van der Waals surface area contributed by atoms with Gasteiger partial charge in [-0.2, -0.15) is 0 Å². The molecule has 1 atom stereocenters. The van der Waals surface area contributed by atoms with Crippen molar-refractivity contribution in [3.8, 4) is 0 Å². The number of benzene rings is 1. The van der Waals surface area contributed by atoms with Crippen LogP contribution in [0.15, 0.2) is 18.2 Å². The lowest BCUT2D eigenvalue weighted by molar-refractivity contribution is 0.0939. The van der Waals surface area contributed by atoms with Crippen LogP contribution in [0.4, 0.5) is 10.1 Å². The molecule has 0 heterocycles. The number of halogens is 1. The number of anilines is 1. The average Bonchev–Trinajstić information content (AvgIpc) is 2.28. The van der Waals surface area contributed by atoms with Crippen molar-refractivity contribution in [1.82, 2.24) is 5.32 Å². The largest absolute Gasteiger partial charge is 0.350 e. The average molecular weight is 225 g/mol. The predicted molar refractivity (Wildman–Crippen MR) is 61.4 cm³/mol. The first-order valence-electron chi connectivity index (χ1n) is 5.16. The number of rotatable bonds is 4. The van der Waals surface area contributed by atoms with Gasteiger partial charge in [-0.3, -0.25) is 10.6 Å². The molecule has 0 fully saturated rings. The SMILES string of the molecule is CCC(C)NC(=O)c1cccc(F)c1NN. The first-order chi connectivity index (χ1) is 7.60. The van der Waals surface area contributed by atoms with Gasteiger partial charge in [0.25, 0.3) is 5.91 Å². The molecule has 16 heavy (non-hydrogen) atoms. The predicted octanol–water partition coefficient (Wildman–Crippen LogP) is 1.64. The van der Waals surface area contributed by atoms with Crippen molar-refractivity contribution in [3.05, 3.63) is 29.6 Å². The van der Waals surface area contributed by atoms with Crippen LogP contribution in [0.5, 0.6) is 0 Å². The van der Waals surface area contributed by atoms with E-state index in [0.717, 1.165) is 6.42 Å². The van der Waals surface area contributed by atoms with Crippen LogP contribution >= 0.6 is 0 Å². The molecule has 1 rings (SSSR count). The van der Waals surface area contributed by atoms with Crippen LogP contribution in [0.3, 0.4) is 0 Å². The highest BCUT2D eigenvalue weighted by Crippen LogP contribution is 2.18. The van der Waals surface area contributed by atoms with Crippen molar-refractivity contribution in [2.75, 3.05) is 5.43 Å². The zero-order valence-corrected chi connectivity index (χ0v) is 9.38. The number of para-hydroxylation sites is 1. The highest BCUT2D eigenvalue weighted by atomic mass is 19.1. The van der Waals surface area contributed by atoms with E-state index < -0.39 is 5.82 Å². The van der Waals surface area contributed by atoms with Crippen LogP contribution in [0, 0.1) is 5.82 Å². The van der Waals surface area contributed by atoms with Crippen molar-refractivity contribution < 1.29 is 9.18 Å². The zero-order chi connectivity index (χ0) is 12.1. The summed E-state index contributed by atoms with van der Waals surface area (Å²) in [7, 11) is 0. The Hall–Kier alpha value is -1.62. The molecule has 1 amide bonds. The molecule has 1 aromatic carbocycles. The molecule has 0 aliphatic carbocycles. The van der Waals surface area contributed by atoms with Gasteiger partial charge < -0.3 is 10.7 Å². The second-order valence-corrected chi connectivity index (χ2v) is 3.59. The standard InChI is InChI=1S/C11H16FN3O/c1-3-7(2)14-11(16)8-5-4-6-9(12)10(8)15-13/h4-7,15H,3,13H2,1-2H3,(H,14,16). The molecular weight excluding hydrogens is 209 g/mol. The number of hydrogen-bond acceptors (Lipinski definition) is 3. The smallest absolute Gasteiger partial charge is 0.253 e. The Bertz CT molecular complexity index is 381. The maximum Gasteiger partial charge on any atom is 0.253 e. The van der Waals surface area contributed by atoms with Gasteiger partial charge in [0.1, 0.15) is 5.82 Å². The van der Waals surface area contributed by atoms with Gasteiger partial charge in [0, 0.05) is 6.04 Å². The summed E-state index contributed by atoms with van der Waals surface area (Å²) in [5.41, 5.74) is 2.43. The van der Waals surface area contributed by atoms with Crippen molar-refractivity contribution >= 4 is 11.6 Å². The Morgan fingerprint density at radius 1 is 1.56 bits per heavy atom. The molecular formula is C11H16FN3O. The maximum absolute atomic E-state index is 13.3. The van der Waals surface area contributed by atoms with E-state index in [1.54, 1.807) is 0 Å². The maximum atomic E-state index is 13.3. The third kappa shape index (κ3) is 2.70. The minimum Gasteiger partial charge on any atom is -0.350 e. The van der Waals surface area contributed by atoms with Gasteiger partial charge in [0.15, 0.2) is 0 Å². The van der Waals surface area contributed by atoms with Crippen LogP contribution in [0.25, 0.3) is 0 Å². The first kappa shape index (κ1) is 12.4. The molecule has 1 unspecified atom stereocenters. The third-order valence-corrected chi connectivity index (χ3v) is 2.39. The number of hydrogen-bond donors (Lipinski definition) is 3. The number of nitrogen functional groups attached to an aromatic ring is 1. The summed E-state index contributed by atoms with van der Waals surface area (Å²) in [6.07, 6.45) is 0.812. The van der Waals surface area contributed by atoms with E-state index in [1.807, 2.05) is 13.8 Å². The number of nitrogens with one attached hydrogen (secondary N) is 2. The summed E-state index contributed by atoms with van der Waals surface area (Å²) in [5.74, 6) is 4.31. The molecule has 0 saturated heterocycles. The van der Waals surface area contributed by atoms with E-state index >= 15 is 0 Å². The molecule has 88 valence electrons. The van der Waals surface area contributed by atoms with Crippen LogP contribution in [-0.2, 0) is 0 Å². The van der Waals surface area contributed by atoms with E-state index in [1.165, 1.54) is 18.2 Å². The molecule has 4 nitrogen and oxygen atoms in total. The highest BCUT2D eigenvalue weighted by molar-refractivity contribution is 5.99. The molecule has 0 aliphatic heterocycles. The summed E-state index contributed by atoms with van der Waals surface area (Å²) >= 11 is 0. The van der Waals surface area contributed by atoms with Crippen LogP contribution in [-0.4, -0.2) is 11.9 Å². The zero-order valence-electron chi connectivity index (χ0n) is 9.38. The van der Waals surface area contributed by atoms with E-state index in [4.69, 9.17) is 5.84 Å². The molecule has 5 heteroatoms. The van der Waals surface area contributed by atoms with Crippen molar-refractivity contribution in [3.63, 3.8) is 0 Å². The Morgan fingerprint density at radius 3 is 2.81 bits per heavy atom.